The van der Waals surface area contributed by atoms with E-state index < -0.39 is 0 Å². The third-order valence-electron chi connectivity index (χ3n) is 6.61. The average molecular weight is 428 g/mol. The molecular formula is C24H33N3O4. The van der Waals surface area contributed by atoms with Gasteiger partial charge < -0.3 is 24.3 Å². The van der Waals surface area contributed by atoms with Crippen LogP contribution in [0.4, 0.5) is 0 Å². The first-order valence-corrected chi connectivity index (χ1v) is 11.4. The van der Waals surface area contributed by atoms with Crippen molar-refractivity contribution in [1.29, 1.82) is 0 Å². The third kappa shape index (κ3) is 4.56. The summed E-state index contributed by atoms with van der Waals surface area (Å²) >= 11 is 0. The second kappa shape index (κ2) is 9.73. The molecule has 2 aromatic rings. The molecule has 0 spiro atoms. The van der Waals surface area contributed by atoms with Crippen LogP contribution in [0.2, 0.25) is 0 Å². The number of nitrogens with one attached hydrogen (secondary N) is 1. The number of ether oxygens (including phenoxy) is 2. The lowest BCUT2D eigenvalue weighted by Gasteiger charge is -2.26. The van der Waals surface area contributed by atoms with Gasteiger partial charge in [-0.15, -0.1) is 0 Å². The highest BCUT2D eigenvalue weighted by Gasteiger charge is 2.26. The van der Waals surface area contributed by atoms with Crippen LogP contribution in [0.15, 0.2) is 18.2 Å². The van der Waals surface area contributed by atoms with Crippen molar-refractivity contribution in [3.63, 3.8) is 0 Å². The van der Waals surface area contributed by atoms with Crippen molar-refractivity contribution in [1.82, 2.24) is 14.8 Å². The Hall–Kier alpha value is -2.54. The first-order chi connectivity index (χ1) is 15.1. The number of carbonyl (C=O) groups is 2. The Morgan fingerprint density at radius 3 is 2.61 bits per heavy atom. The van der Waals surface area contributed by atoms with Crippen LogP contribution in [0.1, 0.15) is 60.6 Å². The van der Waals surface area contributed by atoms with Crippen molar-refractivity contribution in [3.8, 4) is 5.75 Å². The van der Waals surface area contributed by atoms with Crippen LogP contribution in [-0.2, 0) is 9.53 Å². The standard InChI is InChI=1S/C24H33N3O4/c1-17-23(24(29)25-11-10-22(28)26-12-14-31-15-13-26)20-16-19(30-2)8-9-21(20)27(17)18-6-4-3-5-7-18/h8-9,16,18H,3-7,10-15H2,1-2H3,(H,25,29). The number of hydrogen-bond donors (Lipinski definition) is 1. The number of carbonyl (C=O) groups excluding carboxylic acids is 2. The van der Waals surface area contributed by atoms with Gasteiger partial charge in [-0.05, 0) is 38.0 Å². The Morgan fingerprint density at radius 2 is 1.90 bits per heavy atom. The fourth-order valence-electron chi connectivity index (χ4n) is 4.99. The van der Waals surface area contributed by atoms with E-state index in [1.807, 2.05) is 19.1 Å². The summed E-state index contributed by atoms with van der Waals surface area (Å²) in [6, 6.07) is 6.40. The maximum Gasteiger partial charge on any atom is 0.253 e. The Balaban J connectivity index is 1.54. The molecule has 1 aromatic heterocycles. The fraction of sp³-hybridized carbons (Fsp3) is 0.583. The SMILES string of the molecule is COc1ccc2c(c1)c(C(=O)NCCC(=O)N1CCOCC1)c(C)n2C1CCCCC1. The van der Waals surface area contributed by atoms with Crippen molar-refractivity contribution in [2.24, 2.45) is 0 Å². The lowest BCUT2D eigenvalue weighted by Crippen LogP contribution is -2.42. The third-order valence-corrected chi connectivity index (χ3v) is 6.61. The van der Waals surface area contributed by atoms with Crippen molar-refractivity contribution in [2.75, 3.05) is 40.0 Å². The summed E-state index contributed by atoms with van der Waals surface area (Å²) in [5.41, 5.74) is 2.77. The number of rotatable bonds is 6. The number of fused-ring (bicyclic) bond motifs is 1. The van der Waals surface area contributed by atoms with Gasteiger partial charge in [-0.1, -0.05) is 19.3 Å². The van der Waals surface area contributed by atoms with Crippen LogP contribution in [0.3, 0.4) is 0 Å². The minimum atomic E-state index is -0.125. The molecule has 7 heteroatoms. The monoisotopic (exact) mass is 427 g/mol. The van der Waals surface area contributed by atoms with Gasteiger partial charge in [0.2, 0.25) is 5.91 Å². The number of nitrogens with zero attached hydrogens (tertiary/aromatic N) is 2. The van der Waals surface area contributed by atoms with Gasteiger partial charge >= 0.3 is 0 Å². The molecule has 1 saturated carbocycles. The summed E-state index contributed by atoms with van der Waals surface area (Å²) in [6.45, 7) is 4.78. The summed E-state index contributed by atoms with van der Waals surface area (Å²) in [5.74, 6) is 0.677. The first kappa shape index (κ1) is 21.7. The van der Waals surface area contributed by atoms with Crippen molar-refractivity contribution >= 4 is 22.7 Å². The summed E-state index contributed by atoms with van der Waals surface area (Å²) in [6.07, 6.45) is 6.33. The molecule has 0 bridgehead atoms. The van der Waals surface area contributed by atoms with Gasteiger partial charge in [0.25, 0.3) is 5.91 Å². The topological polar surface area (TPSA) is 72.8 Å². The molecule has 1 N–H and O–H groups in total. The quantitative estimate of drug-likeness (QED) is 0.767. The van der Waals surface area contributed by atoms with E-state index in [4.69, 9.17) is 9.47 Å². The van der Waals surface area contributed by atoms with Gasteiger partial charge in [-0.2, -0.15) is 0 Å². The molecule has 1 aromatic carbocycles. The molecule has 0 unspecified atom stereocenters. The molecule has 2 fully saturated rings. The predicted octanol–water partition coefficient (Wildman–Crippen LogP) is 3.44. The van der Waals surface area contributed by atoms with Crippen LogP contribution >= 0.6 is 0 Å². The number of morpholine rings is 1. The lowest BCUT2D eigenvalue weighted by atomic mass is 9.95. The number of hydrogen-bond acceptors (Lipinski definition) is 4. The molecule has 168 valence electrons. The predicted molar refractivity (Wildman–Crippen MR) is 120 cm³/mol. The van der Waals surface area contributed by atoms with Crippen LogP contribution in [0.5, 0.6) is 5.75 Å². The molecule has 2 amide bonds. The van der Waals surface area contributed by atoms with Crippen LogP contribution in [0.25, 0.3) is 10.9 Å². The normalized spacial score (nSPS) is 17.7. The zero-order chi connectivity index (χ0) is 21.8. The molecule has 1 aliphatic carbocycles. The molecule has 4 rings (SSSR count). The van der Waals surface area contributed by atoms with E-state index in [1.54, 1.807) is 12.0 Å². The summed E-state index contributed by atoms with van der Waals surface area (Å²) in [7, 11) is 1.64. The van der Waals surface area contributed by atoms with Crippen LogP contribution < -0.4 is 10.1 Å². The van der Waals surface area contributed by atoms with Gasteiger partial charge in [0.15, 0.2) is 0 Å². The molecule has 2 heterocycles. The molecule has 1 saturated heterocycles. The highest BCUT2D eigenvalue weighted by Crippen LogP contribution is 2.37. The number of aromatic nitrogens is 1. The molecule has 1 aliphatic heterocycles. The first-order valence-electron chi connectivity index (χ1n) is 11.4. The molecule has 7 nitrogen and oxygen atoms in total. The molecule has 31 heavy (non-hydrogen) atoms. The van der Waals surface area contributed by atoms with Gasteiger partial charge in [-0.25, -0.2) is 0 Å². The van der Waals surface area contributed by atoms with Gasteiger partial charge in [0, 0.05) is 48.7 Å². The van der Waals surface area contributed by atoms with E-state index in [-0.39, 0.29) is 11.8 Å². The molecule has 0 atom stereocenters. The Kier molecular flexibility index (Phi) is 6.80. The summed E-state index contributed by atoms with van der Waals surface area (Å²) < 4.78 is 13.1. The Morgan fingerprint density at radius 1 is 1.16 bits per heavy atom. The summed E-state index contributed by atoms with van der Waals surface area (Å²) in [5, 5.41) is 3.90. The number of amides is 2. The maximum absolute atomic E-state index is 13.2. The zero-order valence-corrected chi connectivity index (χ0v) is 18.6. The largest absolute Gasteiger partial charge is 0.497 e. The number of benzene rings is 1. The van der Waals surface area contributed by atoms with E-state index in [9.17, 15) is 9.59 Å². The van der Waals surface area contributed by atoms with E-state index in [0.717, 1.165) is 35.2 Å². The molecule has 0 radical (unpaired) electrons. The zero-order valence-electron chi connectivity index (χ0n) is 18.6. The van der Waals surface area contributed by atoms with E-state index >= 15 is 0 Å². The smallest absolute Gasteiger partial charge is 0.253 e. The minimum Gasteiger partial charge on any atom is -0.497 e. The Labute approximate surface area is 183 Å². The highest BCUT2D eigenvalue weighted by molar-refractivity contribution is 6.09. The second-order valence-electron chi connectivity index (χ2n) is 8.50. The maximum atomic E-state index is 13.2. The highest BCUT2D eigenvalue weighted by atomic mass is 16.5. The van der Waals surface area contributed by atoms with Crippen LogP contribution in [0, 0.1) is 6.92 Å². The van der Waals surface area contributed by atoms with E-state index in [2.05, 4.69) is 16.0 Å². The van der Waals surface area contributed by atoms with Crippen molar-refractivity contribution in [2.45, 2.75) is 51.5 Å². The van der Waals surface area contributed by atoms with Crippen LogP contribution in [-0.4, -0.2) is 61.2 Å². The van der Waals surface area contributed by atoms with Crippen molar-refractivity contribution < 1.29 is 19.1 Å². The fourth-order valence-corrected chi connectivity index (χ4v) is 4.99. The molecular weight excluding hydrogens is 394 g/mol. The second-order valence-corrected chi connectivity index (χ2v) is 8.50. The molecule has 2 aliphatic rings. The lowest BCUT2D eigenvalue weighted by molar-refractivity contribution is -0.135. The summed E-state index contributed by atoms with van der Waals surface area (Å²) in [4.78, 5) is 27.4. The van der Waals surface area contributed by atoms with Gasteiger partial charge in [0.05, 0.1) is 25.9 Å². The minimum absolute atomic E-state index is 0.0617. The van der Waals surface area contributed by atoms with Gasteiger partial charge in [0.1, 0.15) is 5.75 Å². The Bertz CT molecular complexity index is 940. The average Bonchev–Trinajstić information content (AvgIpc) is 3.10. The van der Waals surface area contributed by atoms with Crippen molar-refractivity contribution in [3.05, 3.63) is 29.5 Å². The number of methoxy groups -OCH3 is 1. The van der Waals surface area contributed by atoms with Gasteiger partial charge in [-0.3, -0.25) is 9.59 Å². The van der Waals surface area contributed by atoms with E-state index in [1.165, 1.54) is 19.3 Å². The van der Waals surface area contributed by atoms with E-state index in [0.29, 0.717) is 50.9 Å².